The highest BCUT2D eigenvalue weighted by Crippen LogP contribution is 2.10. The van der Waals surface area contributed by atoms with Gasteiger partial charge in [-0.2, -0.15) is 0 Å². The summed E-state index contributed by atoms with van der Waals surface area (Å²) in [6.45, 7) is 4.31. The summed E-state index contributed by atoms with van der Waals surface area (Å²) in [5.74, 6) is 0.0753. The molecule has 5 heteroatoms. The quantitative estimate of drug-likeness (QED) is 0.853. The van der Waals surface area contributed by atoms with Crippen LogP contribution in [0.4, 0.5) is 0 Å². The van der Waals surface area contributed by atoms with Crippen LogP contribution in [0.3, 0.4) is 0 Å². The van der Waals surface area contributed by atoms with Gasteiger partial charge < -0.3 is 9.80 Å². The summed E-state index contributed by atoms with van der Waals surface area (Å²) < 4.78 is 0. The lowest BCUT2D eigenvalue weighted by molar-refractivity contribution is -0.131. The van der Waals surface area contributed by atoms with E-state index in [1.54, 1.807) is 29.4 Å². The van der Waals surface area contributed by atoms with Crippen LogP contribution in [-0.4, -0.2) is 52.8 Å². The summed E-state index contributed by atoms with van der Waals surface area (Å²) in [5, 5.41) is 0. The van der Waals surface area contributed by atoms with E-state index in [-0.39, 0.29) is 11.8 Å². The highest BCUT2D eigenvalue weighted by atomic mass is 16.2. The Balaban J connectivity index is 1.47. The van der Waals surface area contributed by atoms with Crippen molar-refractivity contribution in [1.29, 1.82) is 0 Å². The van der Waals surface area contributed by atoms with Gasteiger partial charge in [0.1, 0.15) is 0 Å². The standard InChI is InChI=1S/C21H23N3O2/c1-17-7-9-18(10-8-17)4-2-6-20(25)23-12-14-24(15-13-23)21(26)19-5-3-11-22-16-19/h2-5,7-11,16H,6,12-15H2,1H3. The fourth-order valence-corrected chi connectivity index (χ4v) is 2.93. The van der Waals surface area contributed by atoms with Crippen LogP contribution in [0.2, 0.25) is 0 Å². The number of hydrogen-bond acceptors (Lipinski definition) is 3. The number of benzene rings is 1. The molecule has 0 bridgehead atoms. The number of pyridine rings is 1. The van der Waals surface area contributed by atoms with E-state index in [1.807, 2.05) is 29.2 Å². The monoisotopic (exact) mass is 349 g/mol. The van der Waals surface area contributed by atoms with Gasteiger partial charge in [0.2, 0.25) is 5.91 Å². The van der Waals surface area contributed by atoms with Gasteiger partial charge in [0.25, 0.3) is 5.91 Å². The molecule has 0 aliphatic carbocycles. The Hall–Kier alpha value is -2.95. The molecule has 2 heterocycles. The van der Waals surface area contributed by atoms with Gasteiger partial charge in [0.05, 0.1) is 5.56 Å². The third kappa shape index (κ3) is 4.57. The third-order valence-electron chi connectivity index (χ3n) is 4.51. The maximum atomic E-state index is 12.4. The van der Waals surface area contributed by atoms with Crippen molar-refractivity contribution in [1.82, 2.24) is 14.8 Å². The molecular formula is C21H23N3O2. The van der Waals surface area contributed by atoms with Crippen LogP contribution >= 0.6 is 0 Å². The van der Waals surface area contributed by atoms with Crippen LogP contribution in [0.1, 0.15) is 27.9 Å². The van der Waals surface area contributed by atoms with Gasteiger partial charge in [0, 0.05) is 45.0 Å². The number of amides is 2. The summed E-state index contributed by atoms with van der Waals surface area (Å²) >= 11 is 0. The molecule has 1 aliphatic rings. The Morgan fingerprint density at radius 2 is 1.73 bits per heavy atom. The second-order valence-electron chi connectivity index (χ2n) is 6.43. The zero-order valence-electron chi connectivity index (χ0n) is 15.0. The summed E-state index contributed by atoms with van der Waals surface area (Å²) in [7, 11) is 0. The number of hydrogen-bond donors (Lipinski definition) is 0. The minimum absolute atomic E-state index is 0.0236. The molecule has 0 unspecified atom stereocenters. The molecule has 0 radical (unpaired) electrons. The second-order valence-corrected chi connectivity index (χ2v) is 6.43. The Morgan fingerprint density at radius 3 is 2.38 bits per heavy atom. The minimum atomic E-state index is -0.0236. The number of aryl methyl sites for hydroxylation is 1. The van der Waals surface area contributed by atoms with Crippen LogP contribution < -0.4 is 0 Å². The molecular weight excluding hydrogens is 326 g/mol. The van der Waals surface area contributed by atoms with Crippen molar-refractivity contribution in [2.45, 2.75) is 13.3 Å². The zero-order valence-corrected chi connectivity index (χ0v) is 15.0. The summed E-state index contributed by atoms with van der Waals surface area (Å²) in [6.07, 6.45) is 7.48. The lowest BCUT2D eigenvalue weighted by Crippen LogP contribution is -2.50. The van der Waals surface area contributed by atoms with E-state index in [1.165, 1.54) is 5.56 Å². The maximum absolute atomic E-state index is 12.4. The molecule has 26 heavy (non-hydrogen) atoms. The predicted molar refractivity (Wildman–Crippen MR) is 102 cm³/mol. The zero-order chi connectivity index (χ0) is 18.4. The van der Waals surface area contributed by atoms with Crippen LogP contribution in [0, 0.1) is 6.92 Å². The van der Waals surface area contributed by atoms with Crippen molar-refractivity contribution in [2.24, 2.45) is 0 Å². The lowest BCUT2D eigenvalue weighted by Gasteiger charge is -2.34. The topological polar surface area (TPSA) is 53.5 Å². The highest BCUT2D eigenvalue weighted by Gasteiger charge is 2.24. The Bertz CT molecular complexity index is 777. The number of aromatic nitrogens is 1. The van der Waals surface area contributed by atoms with E-state index < -0.39 is 0 Å². The van der Waals surface area contributed by atoms with Crippen LogP contribution in [-0.2, 0) is 4.79 Å². The minimum Gasteiger partial charge on any atom is -0.339 e. The molecule has 134 valence electrons. The van der Waals surface area contributed by atoms with Gasteiger partial charge in [-0.1, -0.05) is 42.0 Å². The van der Waals surface area contributed by atoms with E-state index >= 15 is 0 Å². The smallest absolute Gasteiger partial charge is 0.255 e. The first-order chi connectivity index (χ1) is 12.6. The molecule has 1 fully saturated rings. The first kappa shape index (κ1) is 17.9. The molecule has 0 N–H and O–H groups in total. The van der Waals surface area contributed by atoms with Crippen molar-refractivity contribution in [3.05, 3.63) is 71.6 Å². The van der Waals surface area contributed by atoms with Crippen LogP contribution in [0.25, 0.3) is 6.08 Å². The highest BCUT2D eigenvalue weighted by molar-refractivity contribution is 5.94. The largest absolute Gasteiger partial charge is 0.339 e. The number of piperazine rings is 1. The first-order valence-electron chi connectivity index (χ1n) is 8.84. The lowest BCUT2D eigenvalue weighted by atomic mass is 10.1. The molecule has 0 spiro atoms. The average Bonchev–Trinajstić information content (AvgIpc) is 2.69. The number of carbonyl (C=O) groups is 2. The fraction of sp³-hybridized carbons (Fsp3) is 0.286. The van der Waals surface area contributed by atoms with E-state index in [0.717, 1.165) is 5.56 Å². The Labute approximate surface area is 154 Å². The SMILES string of the molecule is Cc1ccc(C=CCC(=O)N2CCN(C(=O)c3cccnc3)CC2)cc1. The van der Waals surface area contributed by atoms with E-state index in [9.17, 15) is 9.59 Å². The number of carbonyl (C=O) groups excluding carboxylic acids is 2. The maximum Gasteiger partial charge on any atom is 0.255 e. The fourth-order valence-electron chi connectivity index (χ4n) is 2.93. The molecule has 0 saturated carbocycles. The van der Waals surface area contributed by atoms with Crippen LogP contribution in [0.5, 0.6) is 0 Å². The van der Waals surface area contributed by atoms with Gasteiger partial charge in [-0.05, 0) is 24.6 Å². The average molecular weight is 349 g/mol. The summed E-state index contributed by atoms with van der Waals surface area (Å²) in [5.41, 5.74) is 2.90. The molecule has 0 atom stereocenters. The molecule has 2 aromatic rings. The summed E-state index contributed by atoms with van der Waals surface area (Å²) in [6, 6.07) is 11.7. The van der Waals surface area contributed by atoms with Gasteiger partial charge in [0.15, 0.2) is 0 Å². The van der Waals surface area contributed by atoms with Crippen LogP contribution in [0.15, 0.2) is 54.9 Å². The first-order valence-corrected chi connectivity index (χ1v) is 8.84. The van der Waals surface area contributed by atoms with E-state index in [4.69, 9.17) is 0 Å². The van der Waals surface area contributed by atoms with E-state index in [0.29, 0.717) is 38.2 Å². The van der Waals surface area contributed by atoms with Crippen molar-refractivity contribution >= 4 is 17.9 Å². The molecule has 1 aromatic carbocycles. The number of rotatable bonds is 4. The number of nitrogens with zero attached hydrogens (tertiary/aromatic N) is 3. The summed E-state index contributed by atoms with van der Waals surface area (Å²) in [4.78, 5) is 32.3. The third-order valence-corrected chi connectivity index (χ3v) is 4.51. The van der Waals surface area contributed by atoms with Crippen molar-refractivity contribution < 1.29 is 9.59 Å². The van der Waals surface area contributed by atoms with Gasteiger partial charge in [-0.15, -0.1) is 0 Å². The normalized spacial score (nSPS) is 14.7. The Kier molecular flexibility index (Phi) is 5.79. The predicted octanol–water partition coefficient (Wildman–Crippen LogP) is 2.78. The molecule has 2 amide bonds. The molecule has 5 nitrogen and oxygen atoms in total. The molecule has 3 rings (SSSR count). The second kappa shape index (κ2) is 8.43. The molecule has 1 saturated heterocycles. The van der Waals surface area contributed by atoms with E-state index in [2.05, 4.69) is 24.0 Å². The van der Waals surface area contributed by atoms with Gasteiger partial charge in [-0.25, -0.2) is 0 Å². The van der Waals surface area contributed by atoms with Gasteiger partial charge in [-0.3, -0.25) is 14.6 Å². The Morgan fingerprint density at radius 1 is 1.04 bits per heavy atom. The molecule has 1 aromatic heterocycles. The van der Waals surface area contributed by atoms with Crippen molar-refractivity contribution in [3.8, 4) is 0 Å². The van der Waals surface area contributed by atoms with Crippen molar-refractivity contribution in [3.63, 3.8) is 0 Å². The molecule has 1 aliphatic heterocycles. The van der Waals surface area contributed by atoms with Crippen molar-refractivity contribution in [2.75, 3.05) is 26.2 Å². The van der Waals surface area contributed by atoms with Gasteiger partial charge >= 0.3 is 0 Å².